The van der Waals surface area contributed by atoms with Crippen LogP contribution in [-0.4, -0.2) is 30.8 Å². The summed E-state index contributed by atoms with van der Waals surface area (Å²) in [5.74, 6) is -1.26. The van der Waals surface area contributed by atoms with E-state index in [1.54, 1.807) is 12.1 Å². The van der Waals surface area contributed by atoms with Crippen molar-refractivity contribution in [1.29, 1.82) is 0 Å². The molecule has 7 nitrogen and oxygen atoms in total. The quantitative estimate of drug-likeness (QED) is 0.772. The highest BCUT2D eigenvalue weighted by atomic mass is 32.2. The van der Waals surface area contributed by atoms with Gasteiger partial charge in [-0.15, -0.1) is 0 Å². The van der Waals surface area contributed by atoms with E-state index in [0.29, 0.717) is 11.3 Å². The molecule has 1 aromatic rings. The number of benzene rings is 1. The molecule has 1 aliphatic heterocycles. The van der Waals surface area contributed by atoms with Crippen molar-refractivity contribution in [3.8, 4) is 11.5 Å². The number of methoxy groups -OCH3 is 1. The van der Waals surface area contributed by atoms with Gasteiger partial charge >= 0.3 is 0 Å². The highest BCUT2D eigenvalue weighted by Crippen LogP contribution is 2.31. The number of imide groups is 1. The van der Waals surface area contributed by atoms with Crippen molar-refractivity contribution in [2.24, 2.45) is 0 Å². The number of amides is 2. The largest absolute Gasteiger partial charge is 0.546 e. The molecule has 1 heterocycles. The third kappa shape index (κ3) is 3.76. The molecule has 0 bridgehead atoms. The van der Waals surface area contributed by atoms with Gasteiger partial charge in [-0.05, 0) is 35.5 Å². The molecule has 1 aromatic carbocycles. The van der Waals surface area contributed by atoms with Gasteiger partial charge in [-0.3, -0.25) is 14.9 Å². The van der Waals surface area contributed by atoms with E-state index in [1.807, 2.05) is 0 Å². The Kier molecular flexibility index (Phi) is 4.49. The molecule has 0 atom stereocenters. The normalized spacial score (nSPS) is 16.0. The fraction of sp³-hybridized carbons (Fsp3) is 0.154. The van der Waals surface area contributed by atoms with Crippen LogP contribution in [0.3, 0.4) is 0 Å². The van der Waals surface area contributed by atoms with Crippen LogP contribution in [0.2, 0.25) is 0 Å². The van der Waals surface area contributed by atoms with Gasteiger partial charge in [0.05, 0.1) is 18.0 Å². The molecule has 1 N–H and O–H groups in total. The number of carboxylic acids is 1. The first kappa shape index (κ1) is 14.9. The number of carbonyl (C=O) groups is 3. The van der Waals surface area contributed by atoms with E-state index < -0.39 is 23.7 Å². The number of nitrogens with one attached hydrogen (secondary N) is 1. The number of hydrogen-bond donors (Lipinski definition) is 1. The Morgan fingerprint density at radius 2 is 2.14 bits per heavy atom. The Morgan fingerprint density at radius 1 is 1.38 bits per heavy atom. The molecule has 0 aromatic heterocycles. The SMILES string of the molecule is COc1cc(/C=C2\SC(=O)NC2=O)ccc1OCC(=O)[O-]. The molecule has 2 amide bonds. The van der Waals surface area contributed by atoms with E-state index in [2.05, 4.69) is 5.32 Å². The Labute approximate surface area is 123 Å². The molecule has 1 aliphatic rings. The molecule has 0 aliphatic carbocycles. The van der Waals surface area contributed by atoms with Crippen molar-refractivity contribution in [2.75, 3.05) is 13.7 Å². The molecule has 0 spiro atoms. The molecule has 110 valence electrons. The number of carbonyl (C=O) groups excluding carboxylic acids is 3. The number of aliphatic carboxylic acids is 1. The third-order valence-corrected chi connectivity index (χ3v) is 3.28. The van der Waals surface area contributed by atoms with Gasteiger partial charge in [-0.2, -0.15) is 0 Å². The summed E-state index contributed by atoms with van der Waals surface area (Å²) in [5.41, 5.74) is 0.611. The van der Waals surface area contributed by atoms with Crippen molar-refractivity contribution in [1.82, 2.24) is 5.32 Å². The molecule has 1 saturated heterocycles. The first-order valence-corrected chi connectivity index (χ1v) is 6.57. The van der Waals surface area contributed by atoms with Crippen LogP contribution in [0, 0.1) is 0 Å². The zero-order chi connectivity index (χ0) is 15.4. The van der Waals surface area contributed by atoms with Crippen LogP contribution in [0.1, 0.15) is 5.56 Å². The van der Waals surface area contributed by atoms with Gasteiger partial charge in [0.2, 0.25) is 0 Å². The van der Waals surface area contributed by atoms with E-state index in [-0.39, 0.29) is 10.7 Å². The fourth-order valence-electron chi connectivity index (χ4n) is 1.60. The average molecular weight is 308 g/mol. The van der Waals surface area contributed by atoms with Gasteiger partial charge in [0.1, 0.15) is 6.61 Å². The first-order valence-electron chi connectivity index (χ1n) is 5.75. The van der Waals surface area contributed by atoms with Crippen molar-refractivity contribution in [3.63, 3.8) is 0 Å². The van der Waals surface area contributed by atoms with Gasteiger partial charge in [-0.25, -0.2) is 0 Å². The number of thioether (sulfide) groups is 1. The van der Waals surface area contributed by atoms with Crippen molar-refractivity contribution >= 4 is 35.0 Å². The molecule has 0 saturated carbocycles. The third-order valence-electron chi connectivity index (χ3n) is 2.47. The second kappa shape index (κ2) is 6.31. The minimum atomic E-state index is -1.35. The lowest BCUT2D eigenvalue weighted by Gasteiger charge is -2.11. The van der Waals surface area contributed by atoms with E-state index in [0.717, 1.165) is 11.8 Å². The summed E-state index contributed by atoms with van der Waals surface area (Å²) in [4.78, 5) is 33.1. The predicted molar refractivity (Wildman–Crippen MR) is 72.6 cm³/mol. The monoisotopic (exact) mass is 308 g/mol. The summed E-state index contributed by atoms with van der Waals surface area (Å²) in [6, 6.07) is 4.68. The van der Waals surface area contributed by atoms with Gasteiger partial charge in [0.25, 0.3) is 11.1 Å². The van der Waals surface area contributed by atoms with Crippen molar-refractivity contribution in [2.45, 2.75) is 0 Å². The molecule has 21 heavy (non-hydrogen) atoms. The van der Waals surface area contributed by atoms with E-state index in [4.69, 9.17) is 9.47 Å². The zero-order valence-electron chi connectivity index (χ0n) is 10.9. The van der Waals surface area contributed by atoms with Crippen LogP contribution in [-0.2, 0) is 9.59 Å². The fourth-order valence-corrected chi connectivity index (χ4v) is 2.28. The summed E-state index contributed by atoms with van der Waals surface area (Å²) >= 11 is 0.804. The van der Waals surface area contributed by atoms with Gasteiger partial charge in [0, 0.05) is 0 Å². The molecular weight excluding hydrogens is 298 g/mol. The number of carboxylic acid groups (broad SMARTS) is 1. The maximum Gasteiger partial charge on any atom is 0.290 e. The lowest BCUT2D eigenvalue weighted by molar-refractivity contribution is -0.307. The number of rotatable bonds is 5. The zero-order valence-corrected chi connectivity index (χ0v) is 11.7. The highest BCUT2D eigenvalue weighted by Gasteiger charge is 2.25. The summed E-state index contributed by atoms with van der Waals surface area (Å²) in [6.45, 7) is -0.594. The van der Waals surface area contributed by atoms with Gasteiger partial charge in [-0.1, -0.05) is 6.07 Å². The molecular formula is C13H10NO6S-. The number of hydrogen-bond acceptors (Lipinski definition) is 7. The van der Waals surface area contributed by atoms with Crippen LogP contribution in [0.25, 0.3) is 6.08 Å². The minimum Gasteiger partial charge on any atom is -0.546 e. The smallest absolute Gasteiger partial charge is 0.290 e. The van der Waals surface area contributed by atoms with E-state index in [1.165, 1.54) is 19.3 Å². The van der Waals surface area contributed by atoms with Gasteiger partial charge in [0.15, 0.2) is 11.5 Å². The minimum absolute atomic E-state index is 0.239. The van der Waals surface area contributed by atoms with Crippen molar-refractivity contribution in [3.05, 3.63) is 28.7 Å². The standard InChI is InChI=1S/C13H11NO6S/c1-19-9-4-7(2-3-8(9)20-6-11(15)16)5-10-12(17)14-13(18)21-10/h2-5H,6H2,1H3,(H,15,16)(H,14,17,18)/p-1/b10-5-. The molecule has 2 rings (SSSR count). The lowest BCUT2D eigenvalue weighted by Crippen LogP contribution is -2.29. The average Bonchev–Trinajstić information content (AvgIpc) is 2.75. The summed E-state index contributed by atoms with van der Waals surface area (Å²) in [6.07, 6.45) is 1.52. The summed E-state index contributed by atoms with van der Waals surface area (Å²) in [7, 11) is 1.40. The van der Waals surface area contributed by atoms with Crippen molar-refractivity contribution < 1.29 is 29.0 Å². The van der Waals surface area contributed by atoms with Crippen LogP contribution >= 0.6 is 11.8 Å². The van der Waals surface area contributed by atoms with Crippen LogP contribution in [0.5, 0.6) is 11.5 Å². The second-order valence-electron chi connectivity index (χ2n) is 3.92. The Hall–Kier alpha value is -2.48. The van der Waals surface area contributed by atoms with Crippen LogP contribution < -0.4 is 19.9 Å². The van der Waals surface area contributed by atoms with Gasteiger partial charge < -0.3 is 19.4 Å². The molecule has 0 radical (unpaired) electrons. The maximum absolute atomic E-state index is 11.4. The van der Waals surface area contributed by atoms with Crippen LogP contribution in [0.4, 0.5) is 4.79 Å². The maximum atomic E-state index is 11.4. The first-order chi connectivity index (χ1) is 9.99. The Morgan fingerprint density at radius 3 is 2.71 bits per heavy atom. The Bertz CT molecular complexity index is 640. The molecule has 1 fully saturated rings. The predicted octanol–water partition coefficient (Wildman–Crippen LogP) is 0.148. The number of ether oxygens (including phenoxy) is 2. The topological polar surface area (TPSA) is 105 Å². The Balaban J connectivity index is 2.23. The second-order valence-corrected chi connectivity index (χ2v) is 4.94. The molecule has 8 heteroatoms. The van der Waals surface area contributed by atoms with E-state index in [9.17, 15) is 19.5 Å². The van der Waals surface area contributed by atoms with E-state index >= 15 is 0 Å². The summed E-state index contributed by atoms with van der Waals surface area (Å²) in [5, 5.41) is 12.1. The lowest BCUT2D eigenvalue weighted by atomic mass is 10.2. The highest BCUT2D eigenvalue weighted by molar-refractivity contribution is 8.18. The summed E-state index contributed by atoms with van der Waals surface area (Å²) < 4.78 is 10.1. The van der Waals surface area contributed by atoms with Crippen LogP contribution in [0.15, 0.2) is 23.1 Å². The molecule has 0 unspecified atom stereocenters.